The standard InChI is InChI=1S/C11H8FNO/c12-6-1-2-8-7(5-6)11-9(13-8)3-4-10(11)14/h1-2,5,13H,3-4H2. The highest BCUT2D eigenvalue weighted by Gasteiger charge is 2.24. The van der Waals surface area contributed by atoms with Crippen molar-refractivity contribution in [3.05, 3.63) is 35.3 Å². The molecule has 1 aromatic heterocycles. The lowest BCUT2D eigenvalue weighted by Crippen LogP contribution is -1.89. The molecule has 1 aliphatic carbocycles. The van der Waals surface area contributed by atoms with E-state index in [-0.39, 0.29) is 11.6 Å². The Morgan fingerprint density at radius 3 is 3.00 bits per heavy atom. The van der Waals surface area contributed by atoms with Crippen LogP contribution in [0.15, 0.2) is 18.2 Å². The quantitative estimate of drug-likeness (QED) is 0.678. The van der Waals surface area contributed by atoms with Crippen molar-refractivity contribution in [1.29, 1.82) is 0 Å². The molecule has 0 aliphatic heterocycles. The molecule has 0 bridgehead atoms. The average Bonchev–Trinajstić information content (AvgIpc) is 2.67. The SMILES string of the molecule is O=C1CCc2[nH]c3ccc(F)cc3c21. The van der Waals surface area contributed by atoms with Crippen LogP contribution in [-0.4, -0.2) is 10.8 Å². The van der Waals surface area contributed by atoms with Crippen LogP contribution < -0.4 is 0 Å². The average molecular weight is 189 g/mol. The van der Waals surface area contributed by atoms with E-state index in [9.17, 15) is 9.18 Å². The maximum absolute atomic E-state index is 13.0. The second kappa shape index (κ2) is 2.44. The summed E-state index contributed by atoms with van der Waals surface area (Å²) in [6, 6.07) is 4.50. The number of ketones is 1. The van der Waals surface area contributed by atoms with Crippen molar-refractivity contribution in [2.45, 2.75) is 12.8 Å². The molecular formula is C11H8FNO. The summed E-state index contributed by atoms with van der Waals surface area (Å²) in [5.74, 6) is -0.171. The van der Waals surface area contributed by atoms with Crippen molar-refractivity contribution in [2.75, 3.05) is 0 Å². The van der Waals surface area contributed by atoms with Crippen LogP contribution in [0.2, 0.25) is 0 Å². The topological polar surface area (TPSA) is 32.9 Å². The predicted octanol–water partition coefficient (Wildman–Crippen LogP) is 2.44. The number of carbonyl (C=O) groups is 1. The Hall–Kier alpha value is -1.64. The van der Waals surface area contributed by atoms with Crippen LogP contribution in [0.1, 0.15) is 22.5 Å². The number of aromatic amines is 1. The molecule has 1 N–H and O–H groups in total. The Morgan fingerprint density at radius 1 is 1.29 bits per heavy atom. The third-order valence-corrected chi connectivity index (χ3v) is 2.72. The Labute approximate surface area is 79.7 Å². The van der Waals surface area contributed by atoms with E-state index < -0.39 is 0 Å². The minimum atomic E-state index is -0.293. The smallest absolute Gasteiger partial charge is 0.165 e. The molecule has 3 heteroatoms. The first-order valence-electron chi connectivity index (χ1n) is 4.59. The van der Waals surface area contributed by atoms with Gasteiger partial charge in [0.05, 0.1) is 0 Å². The molecule has 0 saturated heterocycles. The van der Waals surface area contributed by atoms with E-state index in [2.05, 4.69) is 4.98 Å². The van der Waals surface area contributed by atoms with Crippen LogP contribution in [0, 0.1) is 5.82 Å². The lowest BCUT2D eigenvalue weighted by atomic mass is 10.1. The zero-order valence-corrected chi connectivity index (χ0v) is 7.43. The molecule has 0 fully saturated rings. The number of Topliss-reactive ketones (excluding diaryl/α,β-unsaturated/α-hetero) is 1. The van der Waals surface area contributed by atoms with Crippen LogP contribution in [0.25, 0.3) is 10.9 Å². The van der Waals surface area contributed by atoms with Crippen molar-refractivity contribution in [2.24, 2.45) is 0 Å². The fourth-order valence-corrected chi connectivity index (χ4v) is 2.09. The number of hydrogen-bond acceptors (Lipinski definition) is 1. The molecule has 0 atom stereocenters. The van der Waals surface area contributed by atoms with Crippen LogP contribution >= 0.6 is 0 Å². The summed E-state index contributed by atoms with van der Waals surface area (Å²) >= 11 is 0. The molecule has 0 unspecified atom stereocenters. The van der Waals surface area contributed by atoms with Crippen molar-refractivity contribution >= 4 is 16.7 Å². The van der Waals surface area contributed by atoms with Crippen molar-refractivity contribution < 1.29 is 9.18 Å². The molecule has 1 aliphatic rings. The van der Waals surface area contributed by atoms with Gasteiger partial charge in [-0.25, -0.2) is 4.39 Å². The van der Waals surface area contributed by atoms with E-state index in [1.54, 1.807) is 6.07 Å². The van der Waals surface area contributed by atoms with Gasteiger partial charge in [-0.1, -0.05) is 0 Å². The Bertz CT molecular complexity index is 541. The second-order valence-electron chi connectivity index (χ2n) is 3.59. The van der Waals surface area contributed by atoms with Gasteiger partial charge in [-0.15, -0.1) is 0 Å². The predicted molar refractivity (Wildman–Crippen MR) is 50.9 cm³/mol. The zero-order chi connectivity index (χ0) is 9.71. The lowest BCUT2D eigenvalue weighted by molar-refractivity contribution is 0.0996. The number of H-pyrrole nitrogens is 1. The third kappa shape index (κ3) is 0.867. The van der Waals surface area contributed by atoms with Gasteiger partial charge in [-0.05, 0) is 24.6 Å². The summed E-state index contributed by atoms with van der Waals surface area (Å²) in [5, 5.41) is 0.725. The summed E-state index contributed by atoms with van der Waals surface area (Å²) in [7, 11) is 0. The van der Waals surface area contributed by atoms with E-state index in [0.717, 1.165) is 23.0 Å². The highest BCUT2D eigenvalue weighted by atomic mass is 19.1. The number of rotatable bonds is 0. The highest BCUT2D eigenvalue weighted by molar-refractivity contribution is 6.11. The van der Waals surface area contributed by atoms with Crippen LogP contribution in [0.4, 0.5) is 4.39 Å². The number of carbonyl (C=O) groups excluding carboxylic acids is 1. The summed E-state index contributed by atoms with van der Waals surface area (Å²) in [6.07, 6.45) is 1.30. The number of aryl methyl sites for hydroxylation is 1. The van der Waals surface area contributed by atoms with Crippen molar-refractivity contribution in [3.8, 4) is 0 Å². The van der Waals surface area contributed by atoms with Gasteiger partial charge in [-0.2, -0.15) is 0 Å². The Kier molecular flexibility index (Phi) is 1.35. The van der Waals surface area contributed by atoms with Crippen molar-refractivity contribution in [3.63, 3.8) is 0 Å². The molecule has 0 amide bonds. The Morgan fingerprint density at radius 2 is 2.14 bits per heavy atom. The van der Waals surface area contributed by atoms with Gasteiger partial charge in [0.15, 0.2) is 5.78 Å². The van der Waals surface area contributed by atoms with Crippen molar-refractivity contribution in [1.82, 2.24) is 4.98 Å². The Balaban J connectivity index is 2.43. The van der Waals surface area contributed by atoms with Gasteiger partial charge < -0.3 is 4.98 Å². The fourth-order valence-electron chi connectivity index (χ4n) is 2.09. The normalized spacial score (nSPS) is 15.1. The maximum atomic E-state index is 13.0. The van der Waals surface area contributed by atoms with E-state index >= 15 is 0 Å². The second-order valence-corrected chi connectivity index (χ2v) is 3.59. The largest absolute Gasteiger partial charge is 0.358 e. The van der Waals surface area contributed by atoms with Crippen LogP contribution in [-0.2, 0) is 6.42 Å². The number of halogens is 1. The first-order valence-corrected chi connectivity index (χ1v) is 4.59. The molecule has 2 aromatic rings. The van der Waals surface area contributed by atoms with E-state index in [1.165, 1.54) is 12.1 Å². The number of hydrogen-bond donors (Lipinski definition) is 1. The molecule has 0 radical (unpaired) electrons. The number of nitrogens with one attached hydrogen (secondary N) is 1. The number of aromatic nitrogens is 1. The molecule has 3 rings (SSSR count). The summed E-state index contributed by atoms with van der Waals surface area (Å²) in [6.45, 7) is 0. The summed E-state index contributed by atoms with van der Waals surface area (Å²) in [4.78, 5) is 14.7. The van der Waals surface area contributed by atoms with Crippen LogP contribution in [0.3, 0.4) is 0 Å². The van der Waals surface area contributed by atoms with E-state index in [4.69, 9.17) is 0 Å². The third-order valence-electron chi connectivity index (χ3n) is 2.72. The lowest BCUT2D eigenvalue weighted by Gasteiger charge is -1.93. The molecular weight excluding hydrogens is 181 g/mol. The highest BCUT2D eigenvalue weighted by Crippen LogP contribution is 2.30. The van der Waals surface area contributed by atoms with Gasteiger partial charge in [0.2, 0.25) is 0 Å². The van der Waals surface area contributed by atoms with E-state index in [0.29, 0.717) is 12.0 Å². The molecule has 0 spiro atoms. The molecule has 1 heterocycles. The first kappa shape index (κ1) is 7.74. The number of benzene rings is 1. The first-order chi connectivity index (χ1) is 6.75. The zero-order valence-electron chi connectivity index (χ0n) is 7.43. The summed E-state index contributed by atoms with van der Waals surface area (Å²) < 4.78 is 13.0. The molecule has 0 saturated carbocycles. The fraction of sp³-hybridized carbons (Fsp3) is 0.182. The van der Waals surface area contributed by atoms with Gasteiger partial charge in [-0.3, -0.25) is 4.79 Å². The van der Waals surface area contributed by atoms with Gasteiger partial charge in [0, 0.05) is 28.6 Å². The minimum Gasteiger partial charge on any atom is -0.358 e. The molecule has 70 valence electrons. The van der Waals surface area contributed by atoms with Crippen LogP contribution in [0.5, 0.6) is 0 Å². The molecule has 2 nitrogen and oxygen atoms in total. The molecule has 14 heavy (non-hydrogen) atoms. The maximum Gasteiger partial charge on any atom is 0.165 e. The minimum absolute atomic E-state index is 0.122. The molecule has 1 aromatic carbocycles. The van der Waals surface area contributed by atoms with E-state index in [1.807, 2.05) is 0 Å². The number of fused-ring (bicyclic) bond motifs is 3. The van der Waals surface area contributed by atoms with Gasteiger partial charge in [0.25, 0.3) is 0 Å². The summed E-state index contributed by atoms with van der Waals surface area (Å²) in [5.41, 5.74) is 2.50. The van der Waals surface area contributed by atoms with Gasteiger partial charge in [0.1, 0.15) is 5.82 Å². The monoisotopic (exact) mass is 189 g/mol. The van der Waals surface area contributed by atoms with Gasteiger partial charge >= 0.3 is 0 Å².